The summed E-state index contributed by atoms with van der Waals surface area (Å²) in [5.41, 5.74) is 2.10. The molecule has 4 heteroatoms. The van der Waals surface area contributed by atoms with Gasteiger partial charge in [0.1, 0.15) is 0 Å². The van der Waals surface area contributed by atoms with Gasteiger partial charge in [-0.3, -0.25) is 0 Å². The predicted molar refractivity (Wildman–Crippen MR) is 50.4 cm³/mol. The third kappa shape index (κ3) is 4.66. The highest BCUT2D eigenvalue weighted by Crippen LogP contribution is 2.04. The van der Waals surface area contributed by atoms with Gasteiger partial charge in [0.05, 0.1) is 5.54 Å². The molecule has 74 valence electrons. The molecule has 0 unspecified atom stereocenters. The zero-order valence-corrected chi connectivity index (χ0v) is 8.76. The van der Waals surface area contributed by atoms with E-state index < -0.39 is 0 Å². The number of nitrogens with zero attached hydrogens (tertiary/aromatic N) is 2. The fraction of sp³-hybridized carbons (Fsp3) is 1.00. The van der Waals surface area contributed by atoms with Crippen molar-refractivity contribution >= 4 is 0 Å². The fourth-order valence-corrected chi connectivity index (χ4v) is 1.52. The van der Waals surface area contributed by atoms with Crippen LogP contribution in [0.15, 0.2) is 0 Å². The van der Waals surface area contributed by atoms with Gasteiger partial charge in [-0.2, -0.15) is 5.48 Å². The summed E-state index contributed by atoms with van der Waals surface area (Å²) in [4.78, 5) is 4.10. The van der Waals surface area contributed by atoms with Crippen LogP contribution in [0.3, 0.4) is 0 Å². The third-order valence-corrected chi connectivity index (χ3v) is 1.60. The van der Waals surface area contributed by atoms with E-state index in [0.717, 1.165) is 13.1 Å². The van der Waals surface area contributed by atoms with Crippen molar-refractivity contribution in [2.75, 3.05) is 41.3 Å². The molecule has 0 saturated carbocycles. The molecule has 0 aromatic carbocycles. The van der Waals surface area contributed by atoms with Gasteiger partial charge in [0.15, 0.2) is 0 Å². The molecule has 4 nitrogen and oxygen atoms in total. The summed E-state index contributed by atoms with van der Waals surface area (Å²) in [5, 5.41) is 8.98. The van der Waals surface area contributed by atoms with Gasteiger partial charge in [-0.1, -0.05) is 0 Å². The van der Waals surface area contributed by atoms with Crippen LogP contribution in [0.4, 0.5) is 0 Å². The van der Waals surface area contributed by atoms with Gasteiger partial charge in [0, 0.05) is 13.1 Å². The van der Waals surface area contributed by atoms with E-state index >= 15 is 0 Å². The molecule has 0 aliphatic rings. The molecular formula is C8H21N3O. The number of hydroxylamine groups is 1. The molecule has 0 aliphatic carbocycles. The van der Waals surface area contributed by atoms with Gasteiger partial charge in [-0.15, -0.1) is 0 Å². The van der Waals surface area contributed by atoms with Gasteiger partial charge in [0.2, 0.25) is 0 Å². The summed E-state index contributed by atoms with van der Waals surface area (Å²) < 4.78 is 0. The van der Waals surface area contributed by atoms with Gasteiger partial charge in [0.25, 0.3) is 0 Å². The Labute approximate surface area is 75.1 Å². The lowest BCUT2D eigenvalue weighted by atomic mass is 10.0. The average molecular weight is 175 g/mol. The van der Waals surface area contributed by atoms with Crippen LogP contribution >= 0.6 is 0 Å². The van der Waals surface area contributed by atoms with Crippen molar-refractivity contribution in [3.8, 4) is 0 Å². The lowest BCUT2D eigenvalue weighted by molar-refractivity contribution is 0.0390. The molecular weight excluding hydrogens is 154 g/mol. The maximum absolute atomic E-state index is 8.98. The molecule has 0 rings (SSSR count). The molecule has 0 amide bonds. The Kier molecular flexibility index (Phi) is 4.70. The zero-order valence-electron chi connectivity index (χ0n) is 8.76. The molecule has 12 heavy (non-hydrogen) atoms. The van der Waals surface area contributed by atoms with E-state index in [1.807, 2.05) is 44.9 Å². The Bertz CT molecular complexity index is 115. The van der Waals surface area contributed by atoms with Crippen LogP contribution in [-0.2, 0) is 0 Å². The summed E-state index contributed by atoms with van der Waals surface area (Å²) in [5.74, 6) is 0. The topological polar surface area (TPSA) is 38.7 Å². The van der Waals surface area contributed by atoms with E-state index in [9.17, 15) is 0 Å². The highest BCUT2D eigenvalue weighted by Gasteiger charge is 2.24. The van der Waals surface area contributed by atoms with Crippen molar-refractivity contribution in [1.82, 2.24) is 15.3 Å². The molecule has 0 spiro atoms. The van der Waals surface area contributed by atoms with Crippen LogP contribution in [0.2, 0.25) is 0 Å². The second kappa shape index (κ2) is 4.77. The normalized spacial score (nSPS) is 13.0. The van der Waals surface area contributed by atoms with Gasteiger partial charge in [-0.25, -0.2) is 0 Å². The van der Waals surface area contributed by atoms with Crippen molar-refractivity contribution < 1.29 is 5.21 Å². The third-order valence-electron chi connectivity index (χ3n) is 1.60. The molecule has 0 radical (unpaired) electrons. The van der Waals surface area contributed by atoms with E-state index in [2.05, 4.69) is 5.48 Å². The van der Waals surface area contributed by atoms with E-state index in [1.54, 1.807) is 0 Å². The number of nitrogens with one attached hydrogen (secondary N) is 1. The second-order valence-corrected chi connectivity index (χ2v) is 4.15. The Hall–Kier alpha value is -0.160. The summed E-state index contributed by atoms with van der Waals surface area (Å²) in [6.45, 7) is 3.61. The largest absolute Gasteiger partial charge is 0.316 e. The Balaban J connectivity index is 4.04. The summed E-state index contributed by atoms with van der Waals surface area (Å²) in [6, 6.07) is 0. The SMILES string of the molecule is CN(C)CC(C)(CN(C)C)NO. The van der Waals surface area contributed by atoms with Crippen molar-refractivity contribution in [3.05, 3.63) is 0 Å². The molecule has 0 bridgehead atoms. The minimum absolute atomic E-state index is 0.257. The quantitative estimate of drug-likeness (QED) is 0.570. The fourth-order valence-electron chi connectivity index (χ4n) is 1.52. The maximum atomic E-state index is 8.98. The minimum Gasteiger partial charge on any atom is -0.316 e. The zero-order chi connectivity index (χ0) is 9.78. The van der Waals surface area contributed by atoms with Crippen LogP contribution in [0, 0.1) is 0 Å². The number of rotatable bonds is 5. The van der Waals surface area contributed by atoms with Crippen LogP contribution in [0.25, 0.3) is 0 Å². The predicted octanol–water partition coefficient (Wildman–Crippen LogP) is -0.153. The minimum atomic E-state index is -0.257. The first-order valence-electron chi connectivity index (χ1n) is 4.10. The lowest BCUT2D eigenvalue weighted by Gasteiger charge is -2.33. The van der Waals surface area contributed by atoms with Crippen molar-refractivity contribution in [2.24, 2.45) is 0 Å². The van der Waals surface area contributed by atoms with E-state index in [0.29, 0.717) is 0 Å². The highest BCUT2D eigenvalue weighted by atomic mass is 16.5. The first-order valence-corrected chi connectivity index (χ1v) is 4.10. The van der Waals surface area contributed by atoms with Gasteiger partial charge >= 0.3 is 0 Å². The Morgan fingerprint density at radius 3 is 1.58 bits per heavy atom. The monoisotopic (exact) mass is 175 g/mol. The van der Waals surface area contributed by atoms with E-state index in [-0.39, 0.29) is 5.54 Å². The molecule has 0 aromatic heterocycles. The Morgan fingerprint density at radius 1 is 1.08 bits per heavy atom. The highest BCUT2D eigenvalue weighted by molar-refractivity contribution is 4.84. The molecule has 0 heterocycles. The summed E-state index contributed by atoms with van der Waals surface area (Å²) >= 11 is 0. The average Bonchev–Trinajstić information content (AvgIpc) is 1.83. The smallest absolute Gasteiger partial charge is 0.0654 e. The van der Waals surface area contributed by atoms with Gasteiger partial charge < -0.3 is 15.0 Å². The van der Waals surface area contributed by atoms with Crippen LogP contribution < -0.4 is 5.48 Å². The van der Waals surface area contributed by atoms with Crippen LogP contribution in [0.1, 0.15) is 6.92 Å². The van der Waals surface area contributed by atoms with Gasteiger partial charge in [-0.05, 0) is 35.1 Å². The molecule has 0 fully saturated rings. The number of hydrogen-bond acceptors (Lipinski definition) is 4. The number of hydrogen-bond donors (Lipinski definition) is 2. The molecule has 0 aromatic rings. The van der Waals surface area contributed by atoms with E-state index in [1.165, 1.54) is 0 Å². The lowest BCUT2D eigenvalue weighted by Crippen LogP contribution is -2.54. The van der Waals surface area contributed by atoms with E-state index in [4.69, 9.17) is 5.21 Å². The summed E-state index contributed by atoms with van der Waals surface area (Å²) in [7, 11) is 7.97. The molecule has 0 atom stereocenters. The maximum Gasteiger partial charge on any atom is 0.0654 e. The number of likely N-dealkylation sites (N-methyl/N-ethyl adjacent to an activating group) is 2. The molecule has 2 N–H and O–H groups in total. The first kappa shape index (κ1) is 11.8. The Morgan fingerprint density at radius 2 is 1.42 bits per heavy atom. The molecule has 0 aliphatic heterocycles. The molecule has 0 saturated heterocycles. The van der Waals surface area contributed by atoms with Crippen molar-refractivity contribution in [1.29, 1.82) is 0 Å². The second-order valence-electron chi connectivity index (χ2n) is 4.15. The first-order chi connectivity index (χ1) is 5.39. The van der Waals surface area contributed by atoms with Crippen LogP contribution in [-0.4, -0.2) is 61.8 Å². The summed E-state index contributed by atoms with van der Waals surface area (Å²) in [6.07, 6.45) is 0. The van der Waals surface area contributed by atoms with Crippen molar-refractivity contribution in [2.45, 2.75) is 12.5 Å². The standard InChI is InChI=1S/C8H21N3O/c1-8(9-12,6-10(2)3)7-11(4)5/h9,12H,6-7H2,1-5H3. The van der Waals surface area contributed by atoms with Crippen molar-refractivity contribution in [3.63, 3.8) is 0 Å². The van der Waals surface area contributed by atoms with Crippen LogP contribution in [0.5, 0.6) is 0 Å².